The molecule has 7 heteroatoms. The van der Waals surface area contributed by atoms with Crippen LogP contribution in [0.4, 0.5) is 0 Å². The van der Waals surface area contributed by atoms with Crippen LogP contribution in [-0.2, 0) is 4.74 Å². The highest BCUT2D eigenvalue weighted by molar-refractivity contribution is 6.00. The Morgan fingerprint density at radius 3 is 3.17 bits per heavy atom. The lowest BCUT2D eigenvalue weighted by Crippen LogP contribution is -2.27. The van der Waals surface area contributed by atoms with Crippen molar-refractivity contribution in [2.24, 2.45) is 5.73 Å². The second kappa shape index (κ2) is 6.08. The zero-order chi connectivity index (χ0) is 12.8. The number of ether oxygens (including phenoxy) is 1. The Balaban J connectivity index is 1.93. The number of hydrogen-bond donors (Lipinski definition) is 2. The van der Waals surface area contributed by atoms with Crippen molar-refractivity contribution in [3.63, 3.8) is 0 Å². The molecule has 96 valence electrons. The smallest absolute Gasteiger partial charge is 0.255 e. The Morgan fingerprint density at radius 2 is 2.33 bits per heavy atom. The van der Waals surface area contributed by atoms with Gasteiger partial charge in [0.2, 0.25) is 0 Å². The van der Waals surface area contributed by atoms with Crippen LogP contribution in [0.25, 0.3) is 5.52 Å². The number of aromatic nitrogens is 3. The van der Waals surface area contributed by atoms with Gasteiger partial charge < -0.3 is 15.8 Å². The maximum absolute atomic E-state index is 11.9. The summed E-state index contributed by atoms with van der Waals surface area (Å²) in [7, 11) is 0. The van der Waals surface area contributed by atoms with Crippen LogP contribution in [0.15, 0.2) is 24.8 Å². The first-order valence-corrected chi connectivity index (χ1v) is 5.66. The van der Waals surface area contributed by atoms with Crippen LogP contribution in [0.5, 0.6) is 0 Å². The molecule has 0 bridgehead atoms. The highest BCUT2D eigenvalue weighted by Crippen LogP contribution is 2.07. The van der Waals surface area contributed by atoms with E-state index >= 15 is 0 Å². The molecule has 0 saturated carbocycles. The summed E-state index contributed by atoms with van der Waals surface area (Å²) in [6, 6.07) is 0. The first kappa shape index (κ1) is 12.5. The number of fused-ring (bicyclic) bond motifs is 1. The van der Waals surface area contributed by atoms with E-state index in [-0.39, 0.29) is 5.91 Å². The van der Waals surface area contributed by atoms with E-state index in [4.69, 9.17) is 10.5 Å². The molecule has 0 saturated heterocycles. The summed E-state index contributed by atoms with van der Waals surface area (Å²) < 4.78 is 6.77. The van der Waals surface area contributed by atoms with Crippen LogP contribution in [0.2, 0.25) is 0 Å². The van der Waals surface area contributed by atoms with Crippen LogP contribution in [0.1, 0.15) is 10.4 Å². The van der Waals surface area contributed by atoms with Crippen LogP contribution in [0, 0.1) is 0 Å². The normalized spacial score (nSPS) is 10.7. The van der Waals surface area contributed by atoms with E-state index in [1.165, 1.54) is 6.20 Å². The zero-order valence-corrected chi connectivity index (χ0v) is 9.87. The summed E-state index contributed by atoms with van der Waals surface area (Å²) in [5, 5.41) is 6.82. The van der Waals surface area contributed by atoms with Crippen molar-refractivity contribution in [1.82, 2.24) is 19.9 Å². The predicted molar refractivity (Wildman–Crippen MR) is 65.2 cm³/mol. The molecule has 0 aromatic carbocycles. The molecule has 2 aromatic rings. The summed E-state index contributed by atoms with van der Waals surface area (Å²) in [6.45, 7) is 1.86. The third-order valence-corrected chi connectivity index (χ3v) is 2.36. The van der Waals surface area contributed by atoms with E-state index in [2.05, 4.69) is 15.4 Å². The molecule has 2 aromatic heterocycles. The van der Waals surface area contributed by atoms with Crippen molar-refractivity contribution < 1.29 is 9.53 Å². The predicted octanol–water partition coefficient (Wildman–Crippen LogP) is -0.566. The van der Waals surface area contributed by atoms with Crippen molar-refractivity contribution in [2.75, 3.05) is 26.3 Å². The monoisotopic (exact) mass is 249 g/mol. The van der Waals surface area contributed by atoms with Crippen molar-refractivity contribution in [1.29, 1.82) is 0 Å². The standard InChI is InChI=1S/C11H15N5O2/c12-1-5-18-6-3-14-11(17)9-7-15-16-4-2-13-8-10(9)16/h2,4,7-8H,1,3,5-6,12H2,(H,14,17). The summed E-state index contributed by atoms with van der Waals surface area (Å²) >= 11 is 0. The van der Waals surface area contributed by atoms with Crippen molar-refractivity contribution in [3.8, 4) is 0 Å². The van der Waals surface area contributed by atoms with Gasteiger partial charge in [-0.1, -0.05) is 0 Å². The van der Waals surface area contributed by atoms with E-state index in [0.29, 0.717) is 37.4 Å². The molecular weight excluding hydrogens is 234 g/mol. The fraction of sp³-hybridized carbons (Fsp3) is 0.364. The third kappa shape index (κ3) is 2.82. The molecule has 0 aliphatic heterocycles. The van der Waals surface area contributed by atoms with Crippen LogP contribution >= 0.6 is 0 Å². The lowest BCUT2D eigenvalue weighted by Gasteiger charge is -2.04. The maximum atomic E-state index is 11.9. The van der Waals surface area contributed by atoms with E-state index in [9.17, 15) is 4.79 Å². The second-order valence-electron chi connectivity index (χ2n) is 3.62. The Morgan fingerprint density at radius 1 is 1.44 bits per heavy atom. The molecule has 3 N–H and O–H groups in total. The van der Waals surface area contributed by atoms with Gasteiger partial charge in [0.15, 0.2) is 0 Å². The SMILES string of the molecule is NCCOCCNC(=O)c1cnn2ccncc12. The van der Waals surface area contributed by atoms with Gasteiger partial charge in [0.05, 0.1) is 36.7 Å². The highest BCUT2D eigenvalue weighted by Gasteiger charge is 2.11. The van der Waals surface area contributed by atoms with Gasteiger partial charge in [-0.15, -0.1) is 0 Å². The largest absolute Gasteiger partial charge is 0.378 e. The van der Waals surface area contributed by atoms with E-state index in [0.717, 1.165) is 0 Å². The Labute approximate surface area is 104 Å². The topological polar surface area (TPSA) is 94.5 Å². The maximum Gasteiger partial charge on any atom is 0.255 e. The van der Waals surface area contributed by atoms with E-state index < -0.39 is 0 Å². The van der Waals surface area contributed by atoms with Gasteiger partial charge in [0.1, 0.15) is 0 Å². The number of nitrogens with zero attached hydrogens (tertiary/aromatic N) is 3. The molecule has 0 aliphatic carbocycles. The number of nitrogens with one attached hydrogen (secondary N) is 1. The average Bonchev–Trinajstić information content (AvgIpc) is 2.82. The zero-order valence-electron chi connectivity index (χ0n) is 9.87. The Hall–Kier alpha value is -1.99. The summed E-state index contributed by atoms with van der Waals surface area (Å²) in [5.74, 6) is -0.186. The second-order valence-corrected chi connectivity index (χ2v) is 3.62. The molecule has 2 heterocycles. The Kier molecular flexibility index (Phi) is 4.21. The lowest BCUT2D eigenvalue weighted by atomic mass is 10.3. The molecule has 1 amide bonds. The number of nitrogens with two attached hydrogens (primary N) is 1. The Bertz CT molecular complexity index is 525. The minimum Gasteiger partial charge on any atom is -0.378 e. The first-order chi connectivity index (χ1) is 8.83. The number of carbonyl (C=O) groups is 1. The molecular formula is C11H15N5O2. The fourth-order valence-corrected chi connectivity index (χ4v) is 1.53. The fourth-order valence-electron chi connectivity index (χ4n) is 1.53. The van der Waals surface area contributed by atoms with Gasteiger partial charge in [0, 0.05) is 25.5 Å². The molecule has 0 unspecified atom stereocenters. The summed E-state index contributed by atoms with van der Waals surface area (Å²) in [6.07, 6.45) is 6.43. The highest BCUT2D eigenvalue weighted by atomic mass is 16.5. The minimum atomic E-state index is -0.186. The molecule has 0 fully saturated rings. The molecule has 0 atom stereocenters. The van der Waals surface area contributed by atoms with Gasteiger partial charge in [-0.05, 0) is 0 Å². The molecule has 7 nitrogen and oxygen atoms in total. The third-order valence-electron chi connectivity index (χ3n) is 2.36. The average molecular weight is 249 g/mol. The van der Waals surface area contributed by atoms with E-state index in [1.54, 1.807) is 23.1 Å². The molecule has 0 aliphatic rings. The minimum absolute atomic E-state index is 0.186. The molecule has 2 rings (SSSR count). The van der Waals surface area contributed by atoms with Gasteiger partial charge in [-0.3, -0.25) is 9.78 Å². The van der Waals surface area contributed by atoms with Crippen molar-refractivity contribution in [2.45, 2.75) is 0 Å². The lowest BCUT2D eigenvalue weighted by molar-refractivity contribution is 0.0921. The molecule has 0 radical (unpaired) electrons. The number of hydrogen-bond acceptors (Lipinski definition) is 5. The van der Waals surface area contributed by atoms with Crippen LogP contribution in [-0.4, -0.2) is 46.8 Å². The van der Waals surface area contributed by atoms with Gasteiger partial charge >= 0.3 is 0 Å². The van der Waals surface area contributed by atoms with Gasteiger partial charge in [0.25, 0.3) is 5.91 Å². The van der Waals surface area contributed by atoms with Crippen LogP contribution < -0.4 is 11.1 Å². The first-order valence-electron chi connectivity index (χ1n) is 5.66. The molecule has 18 heavy (non-hydrogen) atoms. The summed E-state index contributed by atoms with van der Waals surface area (Å²) in [4.78, 5) is 15.8. The number of carbonyl (C=O) groups excluding carboxylic acids is 1. The summed E-state index contributed by atoms with van der Waals surface area (Å²) in [5.41, 5.74) is 6.46. The number of amides is 1. The quantitative estimate of drug-likeness (QED) is 0.669. The van der Waals surface area contributed by atoms with Crippen LogP contribution in [0.3, 0.4) is 0 Å². The molecule has 0 spiro atoms. The van der Waals surface area contributed by atoms with Gasteiger partial charge in [-0.2, -0.15) is 5.10 Å². The van der Waals surface area contributed by atoms with Crippen molar-refractivity contribution in [3.05, 3.63) is 30.4 Å². The van der Waals surface area contributed by atoms with Gasteiger partial charge in [-0.25, -0.2) is 4.52 Å². The number of rotatable bonds is 6. The van der Waals surface area contributed by atoms with Crippen molar-refractivity contribution >= 4 is 11.4 Å². The van der Waals surface area contributed by atoms with E-state index in [1.807, 2.05) is 0 Å².